The molecule has 1 fully saturated rings. The maximum absolute atomic E-state index is 14.8. The summed E-state index contributed by atoms with van der Waals surface area (Å²) in [5, 5.41) is 10.9. The minimum Gasteiger partial charge on any atom is -0.349 e. The number of nitrogens with one attached hydrogen (secondary N) is 2. The van der Waals surface area contributed by atoms with Gasteiger partial charge in [-0.15, -0.1) is 0 Å². The van der Waals surface area contributed by atoms with Crippen LogP contribution >= 0.6 is 0 Å². The Kier molecular flexibility index (Phi) is 4.90. The van der Waals surface area contributed by atoms with Crippen molar-refractivity contribution in [3.05, 3.63) is 53.5 Å². The molecule has 0 unspecified atom stereocenters. The van der Waals surface area contributed by atoms with Gasteiger partial charge in [-0.25, -0.2) is 18.9 Å². The number of rotatable bonds is 4. The number of aryl methyl sites for hydroxylation is 2. The summed E-state index contributed by atoms with van der Waals surface area (Å²) >= 11 is 0. The predicted octanol–water partition coefficient (Wildman–Crippen LogP) is 2.67. The summed E-state index contributed by atoms with van der Waals surface area (Å²) in [6.07, 6.45) is 8.49. The summed E-state index contributed by atoms with van der Waals surface area (Å²) in [5.41, 5.74) is 4.10. The smallest absolute Gasteiger partial charge is 0.271 e. The fraction of sp³-hybridized carbons (Fsp3) is 0.364. The van der Waals surface area contributed by atoms with Crippen LogP contribution in [0.15, 0.2) is 30.7 Å². The van der Waals surface area contributed by atoms with E-state index in [4.69, 9.17) is 0 Å². The predicted molar refractivity (Wildman–Crippen MR) is 115 cm³/mol. The molecule has 9 heteroatoms. The Bertz CT molecular complexity index is 1290. The lowest BCUT2D eigenvalue weighted by molar-refractivity contribution is 0.0943. The molecule has 1 aliphatic heterocycles. The van der Waals surface area contributed by atoms with Gasteiger partial charge in [0.1, 0.15) is 5.69 Å². The van der Waals surface area contributed by atoms with Crippen molar-refractivity contribution in [2.45, 2.75) is 39.2 Å². The molecule has 0 aromatic carbocycles. The molecule has 1 aliphatic rings. The molecule has 1 amide bonds. The van der Waals surface area contributed by atoms with Crippen molar-refractivity contribution in [3.8, 4) is 11.3 Å². The molecule has 31 heavy (non-hydrogen) atoms. The Hall–Kier alpha value is -3.33. The molecule has 2 N–H and O–H groups in total. The van der Waals surface area contributed by atoms with Crippen LogP contribution in [0.25, 0.3) is 22.6 Å². The fourth-order valence-corrected chi connectivity index (χ4v) is 4.10. The Morgan fingerprint density at radius 1 is 1.19 bits per heavy atom. The molecule has 160 valence electrons. The van der Waals surface area contributed by atoms with Crippen molar-refractivity contribution in [1.29, 1.82) is 0 Å². The third-order valence-electron chi connectivity index (χ3n) is 5.69. The number of pyridine rings is 1. The summed E-state index contributed by atoms with van der Waals surface area (Å²) in [7, 11) is 0. The number of piperidine rings is 1. The molecule has 1 saturated heterocycles. The summed E-state index contributed by atoms with van der Waals surface area (Å²) < 4.78 is 18.1. The van der Waals surface area contributed by atoms with Gasteiger partial charge in [0, 0.05) is 30.5 Å². The largest absolute Gasteiger partial charge is 0.349 e. The normalized spacial score (nSPS) is 16.8. The summed E-state index contributed by atoms with van der Waals surface area (Å²) in [6.45, 7) is 5.36. The molecule has 0 aliphatic carbocycles. The van der Waals surface area contributed by atoms with Crippen LogP contribution in [-0.2, 0) is 0 Å². The van der Waals surface area contributed by atoms with E-state index in [-0.39, 0.29) is 23.3 Å². The third kappa shape index (κ3) is 3.76. The maximum atomic E-state index is 14.8. The van der Waals surface area contributed by atoms with E-state index in [0.717, 1.165) is 36.3 Å². The standard InChI is InChI=1S/C22H24FN7O/c1-13-7-18(28-30-10-14(2)26-20(13)30)15-8-17(23)21-27-19(12-29(21)11-15)22(31)25-9-16-5-3-4-6-24-16/h7-8,10-12,16,24H,3-6,9H2,1-2H3,(H,25,31)/t16-/m1/s1. The average Bonchev–Trinajstić information content (AvgIpc) is 3.36. The summed E-state index contributed by atoms with van der Waals surface area (Å²) in [6, 6.07) is 3.55. The van der Waals surface area contributed by atoms with Crippen molar-refractivity contribution in [2.75, 3.05) is 13.1 Å². The first-order chi connectivity index (χ1) is 15.0. The number of fused-ring (bicyclic) bond motifs is 2. The van der Waals surface area contributed by atoms with E-state index in [0.29, 0.717) is 17.8 Å². The average molecular weight is 421 g/mol. The number of carbonyl (C=O) groups excluding carboxylic acids is 1. The number of nitrogens with zero attached hydrogens (tertiary/aromatic N) is 5. The van der Waals surface area contributed by atoms with Crippen LogP contribution in [0.2, 0.25) is 0 Å². The first-order valence-electron chi connectivity index (χ1n) is 10.5. The van der Waals surface area contributed by atoms with E-state index in [1.807, 2.05) is 26.1 Å². The quantitative estimate of drug-likeness (QED) is 0.529. The number of hydrogen-bond donors (Lipinski definition) is 2. The van der Waals surface area contributed by atoms with Gasteiger partial charge in [0.05, 0.1) is 17.6 Å². The second kappa shape index (κ2) is 7.73. The molecule has 0 saturated carbocycles. The molecule has 0 radical (unpaired) electrons. The topological polar surface area (TPSA) is 88.6 Å². The lowest BCUT2D eigenvalue weighted by Gasteiger charge is -2.23. The Labute approximate surface area is 178 Å². The molecule has 4 aromatic rings. The molecular formula is C22H24FN7O. The van der Waals surface area contributed by atoms with Gasteiger partial charge in [-0.2, -0.15) is 5.10 Å². The minimum absolute atomic E-state index is 0.112. The molecule has 8 nitrogen and oxygen atoms in total. The minimum atomic E-state index is -0.508. The highest BCUT2D eigenvalue weighted by Gasteiger charge is 2.18. The highest BCUT2D eigenvalue weighted by molar-refractivity contribution is 5.93. The van der Waals surface area contributed by atoms with Gasteiger partial charge in [0.25, 0.3) is 5.91 Å². The van der Waals surface area contributed by atoms with Crippen LogP contribution in [0.3, 0.4) is 0 Å². The molecular weight excluding hydrogens is 397 g/mol. The molecule has 0 spiro atoms. The van der Waals surface area contributed by atoms with Crippen molar-refractivity contribution in [1.82, 2.24) is 34.6 Å². The summed E-state index contributed by atoms with van der Waals surface area (Å²) in [4.78, 5) is 21.2. The monoisotopic (exact) mass is 421 g/mol. The Balaban J connectivity index is 1.43. The van der Waals surface area contributed by atoms with Gasteiger partial charge in [-0.3, -0.25) is 4.79 Å². The number of halogens is 1. The second-order valence-electron chi connectivity index (χ2n) is 8.15. The number of aromatic nitrogens is 5. The third-order valence-corrected chi connectivity index (χ3v) is 5.69. The Morgan fingerprint density at radius 3 is 2.87 bits per heavy atom. The molecule has 5 rings (SSSR count). The van der Waals surface area contributed by atoms with Crippen LogP contribution in [0, 0.1) is 19.7 Å². The molecule has 5 heterocycles. The summed E-state index contributed by atoms with van der Waals surface area (Å²) in [5.74, 6) is -0.812. The van der Waals surface area contributed by atoms with E-state index >= 15 is 0 Å². The highest BCUT2D eigenvalue weighted by Crippen LogP contribution is 2.23. The van der Waals surface area contributed by atoms with Crippen LogP contribution in [0.4, 0.5) is 4.39 Å². The zero-order valence-electron chi connectivity index (χ0n) is 17.5. The number of carbonyl (C=O) groups is 1. The van der Waals surface area contributed by atoms with Gasteiger partial charge >= 0.3 is 0 Å². The van der Waals surface area contributed by atoms with E-state index in [1.165, 1.54) is 12.5 Å². The number of amides is 1. The zero-order valence-corrected chi connectivity index (χ0v) is 17.5. The lowest BCUT2D eigenvalue weighted by Crippen LogP contribution is -2.43. The van der Waals surface area contributed by atoms with Gasteiger partial charge in [0.2, 0.25) is 0 Å². The molecule has 0 bridgehead atoms. The highest BCUT2D eigenvalue weighted by atomic mass is 19.1. The first kappa shape index (κ1) is 19.6. The number of imidazole rings is 2. The van der Waals surface area contributed by atoms with Gasteiger partial charge in [-0.1, -0.05) is 6.42 Å². The van der Waals surface area contributed by atoms with E-state index in [9.17, 15) is 9.18 Å². The second-order valence-corrected chi connectivity index (χ2v) is 8.15. The fourth-order valence-electron chi connectivity index (χ4n) is 4.10. The maximum Gasteiger partial charge on any atom is 0.271 e. The first-order valence-corrected chi connectivity index (χ1v) is 10.5. The van der Waals surface area contributed by atoms with E-state index in [1.54, 1.807) is 21.3 Å². The van der Waals surface area contributed by atoms with Crippen LogP contribution < -0.4 is 10.6 Å². The molecule has 4 aromatic heterocycles. The number of hydrogen-bond acceptors (Lipinski definition) is 5. The van der Waals surface area contributed by atoms with E-state index < -0.39 is 5.82 Å². The van der Waals surface area contributed by atoms with Crippen molar-refractivity contribution in [3.63, 3.8) is 0 Å². The zero-order chi connectivity index (χ0) is 21.5. The van der Waals surface area contributed by atoms with Gasteiger partial charge < -0.3 is 15.0 Å². The van der Waals surface area contributed by atoms with Gasteiger partial charge in [0.15, 0.2) is 17.1 Å². The van der Waals surface area contributed by atoms with Gasteiger partial charge in [-0.05, 0) is 50.9 Å². The lowest BCUT2D eigenvalue weighted by atomic mass is 10.1. The van der Waals surface area contributed by atoms with Crippen molar-refractivity contribution < 1.29 is 9.18 Å². The van der Waals surface area contributed by atoms with Crippen molar-refractivity contribution >= 4 is 17.2 Å². The van der Waals surface area contributed by atoms with Crippen LogP contribution in [0.5, 0.6) is 0 Å². The SMILES string of the molecule is Cc1cn2nc(-c3cc(F)c4nc(C(=O)NC[C@H]5CCCCN5)cn4c3)cc(C)c2n1. The van der Waals surface area contributed by atoms with Crippen LogP contribution in [0.1, 0.15) is 41.0 Å². The van der Waals surface area contributed by atoms with Crippen LogP contribution in [-0.4, -0.2) is 49.0 Å². The Morgan fingerprint density at radius 2 is 2.06 bits per heavy atom. The van der Waals surface area contributed by atoms with E-state index in [2.05, 4.69) is 25.7 Å². The van der Waals surface area contributed by atoms with Crippen molar-refractivity contribution in [2.24, 2.45) is 0 Å². The molecule has 1 atom stereocenters.